The monoisotopic (exact) mass is 263 g/mol. The van der Waals surface area contributed by atoms with E-state index >= 15 is 0 Å². The van der Waals surface area contributed by atoms with Gasteiger partial charge in [-0.25, -0.2) is 0 Å². The lowest BCUT2D eigenvalue weighted by Gasteiger charge is -2.13. The molecule has 0 amide bonds. The molecular formula is C13H14ClN3O. The van der Waals surface area contributed by atoms with Crippen molar-refractivity contribution >= 4 is 23.1 Å². The van der Waals surface area contributed by atoms with E-state index < -0.39 is 0 Å². The third kappa shape index (κ3) is 2.24. The van der Waals surface area contributed by atoms with Crippen LogP contribution in [0, 0.1) is 0 Å². The van der Waals surface area contributed by atoms with Crippen LogP contribution in [-0.2, 0) is 7.05 Å². The van der Waals surface area contributed by atoms with Crippen LogP contribution in [0.2, 0.25) is 5.02 Å². The van der Waals surface area contributed by atoms with Crippen LogP contribution in [0.3, 0.4) is 0 Å². The Hall–Kier alpha value is -1.81. The third-order valence-electron chi connectivity index (χ3n) is 2.73. The average molecular weight is 264 g/mol. The molecule has 0 N–H and O–H groups in total. The fraction of sp³-hybridized carbons (Fsp3) is 0.231. The molecule has 0 fully saturated rings. The predicted octanol–water partition coefficient (Wildman–Crippen LogP) is 2.37. The quantitative estimate of drug-likeness (QED) is 0.798. The van der Waals surface area contributed by atoms with Crippen LogP contribution in [-0.4, -0.2) is 29.7 Å². The number of halogens is 1. The molecule has 0 saturated carbocycles. The molecule has 0 unspecified atom stereocenters. The molecule has 0 atom stereocenters. The molecule has 2 rings (SSSR count). The SMILES string of the molecule is CN(C)c1cccc(C(=O)c2c(Cl)cnn2C)c1. The average Bonchev–Trinajstić information content (AvgIpc) is 2.68. The molecule has 0 aliphatic rings. The van der Waals surface area contributed by atoms with Crippen molar-refractivity contribution in [3.63, 3.8) is 0 Å². The van der Waals surface area contributed by atoms with Gasteiger partial charge in [-0.1, -0.05) is 23.7 Å². The Morgan fingerprint density at radius 1 is 1.39 bits per heavy atom. The summed E-state index contributed by atoms with van der Waals surface area (Å²) in [6, 6.07) is 7.42. The lowest BCUT2D eigenvalue weighted by molar-refractivity contribution is 0.103. The van der Waals surface area contributed by atoms with Crippen LogP contribution in [0.4, 0.5) is 5.69 Å². The molecule has 18 heavy (non-hydrogen) atoms. The maximum absolute atomic E-state index is 12.4. The Labute approximate surface area is 111 Å². The van der Waals surface area contributed by atoms with Gasteiger partial charge in [-0.05, 0) is 12.1 Å². The van der Waals surface area contributed by atoms with Crippen molar-refractivity contribution in [2.45, 2.75) is 0 Å². The molecule has 0 saturated heterocycles. The van der Waals surface area contributed by atoms with E-state index in [1.54, 1.807) is 13.1 Å². The van der Waals surface area contributed by atoms with Crippen molar-refractivity contribution in [1.29, 1.82) is 0 Å². The third-order valence-corrected chi connectivity index (χ3v) is 3.01. The predicted molar refractivity (Wildman–Crippen MR) is 72.4 cm³/mol. The number of hydrogen-bond acceptors (Lipinski definition) is 3. The molecule has 1 aromatic carbocycles. The van der Waals surface area contributed by atoms with E-state index in [1.165, 1.54) is 10.9 Å². The van der Waals surface area contributed by atoms with Crippen LogP contribution < -0.4 is 4.90 Å². The first kappa shape index (κ1) is 12.6. The number of nitrogens with zero attached hydrogens (tertiary/aromatic N) is 3. The fourth-order valence-corrected chi connectivity index (χ4v) is 1.98. The minimum Gasteiger partial charge on any atom is -0.378 e. The van der Waals surface area contributed by atoms with Gasteiger partial charge in [0.15, 0.2) is 0 Å². The summed E-state index contributed by atoms with van der Waals surface area (Å²) < 4.78 is 1.49. The lowest BCUT2D eigenvalue weighted by atomic mass is 10.1. The molecule has 0 bridgehead atoms. The molecule has 4 nitrogen and oxygen atoms in total. The standard InChI is InChI=1S/C13H14ClN3O/c1-16(2)10-6-4-5-9(7-10)13(18)12-11(14)8-15-17(12)3/h4-8H,1-3H3. The van der Waals surface area contributed by atoms with Crippen molar-refractivity contribution in [2.75, 3.05) is 19.0 Å². The highest BCUT2D eigenvalue weighted by atomic mass is 35.5. The number of anilines is 1. The highest BCUT2D eigenvalue weighted by Gasteiger charge is 2.17. The van der Waals surface area contributed by atoms with E-state index in [9.17, 15) is 4.79 Å². The topological polar surface area (TPSA) is 38.1 Å². The van der Waals surface area contributed by atoms with E-state index in [0.717, 1.165) is 5.69 Å². The molecule has 5 heteroatoms. The maximum Gasteiger partial charge on any atom is 0.212 e. The van der Waals surface area contributed by atoms with Gasteiger partial charge in [0.2, 0.25) is 5.78 Å². The van der Waals surface area contributed by atoms with E-state index in [2.05, 4.69) is 5.10 Å². The first-order valence-corrected chi connectivity index (χ1v) is 5.88. The van der Waals surface area contributed by atoms with Gasteiger partial charge in [-0.2, -0.15) is 5.10 Å². The van der Waals surface area contributed by atoms with Gasteiger partial charge >= 0.3 is 0 Å². The Kier molecular flexibility index (Phi) is 3.39. The Balaban J connectivity index is 2.43. The van der Waals surface area contributed by atoms with Crippen LogP contribution >= 0.6 is 11.6 Å². The summed E-state index contributed by atoms with van der Waals surface area (Å²) in [5.74, 6) is -0.122. The molecule has 0 spiro atoms. The lowest BCUT2D eigenvalue weighted by Crippen LogP contribution is -2.12. The molecule has 0 aliphatic carbocycles. The zero-order valence-electron chi connectivity index (χ0n) is 10.5. The zero-order chi connectivity index (χ0) is 13.3. The smallest absolute Gasteiger partial charge is 0.212 e. The summed E-state index contributed by atoms with van der Waals surface area (Å²) in [6.07, 6.45) is 1.48. The van der Waals surface area contributed by atoms with Crippen LogP contribution in [0.25, 0.3) is 0 Å². The van der Waals surface area contributed by atoms with E-state index in [-0.39, 0.29) is 5.78 Å². The Morgan fingerprint density at radius 3 is 2.67 bits per heavy atom. The van der Waals surface area contributed by atoms with Crippen molar-refractivity contribution in [1.82, 2.24) is 9.78 Å². The minimum absolute atomic E-state index is 0.122. The van der Waals surface area contributed by atoms with Crippen molar-refractivity contribution in [3.05, 3.63) is 46.7 Å². The Morgan fingerprint density at radius 2 is 2.11 bits per heavy atom. The summed E-state index contributed by atoms with van der Waals surface area (Å²) in [7, 11) is 5.57. The summed E-state index contributed by atoms with van der Waals surface area (Å²) in [5, 5.41) is 4.35. The summed E-state index contributed by atoms with van der Waals surface area (Å²) in [5.41, 5.74) is 1.98. The first-order valence-electron chi connectivity index (χ1n) is 5.50. The largest absolute Gasteiger partial charge is 0.378 e. The highest BCUT2D eigenvalue weighted by molar-refractivity contribution is 6.34. The summed E-state index contributed by atoms with van der Waals surface area (Å²) in [6.45, 7) is 0. The normalized spacial score (nSPS) is 10.4. The second-order valence-corrected chi connectivity index (χ2v) is 4.65. The van der Waals surface area contributed by atoms with Gasteiger partial charge in [0, 0.05) is 32.4 Å². The van der Waals surface area contributed by atoms with Gasteiger partial charge in [0.25, 0.3) is 0 Å². The van der Waals surface area contributed by atoms with Crippen LogP contribution in [0.15, 0.2) is 30.5 Å². The van der Waals surface area contributed by atoms with E-state index in [0.29, 0.717) is 16.3 Å². The second-order valence-electron chi connectivity index (χ2n) is 4.24. The van der Waals surface area contributed by atoms with E-state index in [4.69, 9.17) is 11.6 Å². The summed E-state index contributed by atoms with van der Waals surface area (Å²) in [4.78, 5) is 14.3. The molecule has 0 radical (unpaired) electrons. The van der Waals surface area contributed by atoms with Gasteiger partial charge in [0.05, 0.1) is 11.2 Å². The molecule has 1 heterocycles. The number of rotatable bonds is 3. The van der Waals surface area contributed by atoms with E-state index in [1.807, 2.05) is 37.2 Å². The van der Waals surface area contributed by atoms with Crippen molar-refractivity contribution < 1.29 is 4.79 Å². The van der Waals surface area contributed by atoms with Crippen molar-refractivity contribution in [2.24, 2.45) is 7.05 Å². The molecule has 2 aromatic rings. The molecule has 94 valence electrons. The minimum atomic E-state index is -0.122. The number of aryl methyl sites for hydroxylation is 1. The first-order chi connectivity index (χ1) is 8.50. The number of carbonyl (C=O) groups is 1. The number of aromatic nitrogens is 2. The van der Waals surface area contributed by atoms with Gasteiger partial charge in [-0.3, -0.25) is 9.48 Å². The van der Waals surface area contributed by atoms with Crippen LogP contribution in [0.5, 0.6) is 0 Å². The Bertz CT molecular complexity index is 570. The van der Waals surface area contributed by atoms with Crippen molar-refractivity contribution in [3.8, 4) is 0 Å². The fourth-order valence-electron chi connectivity index (χ4n) is 1.73. The zero-order valence-corrected chi connectivity index (χ0v) is 11.3. The van der Waals surface area contributed by atoms with Gasteiger partial charge in [-0.15, -0.1) is 0 Å². The maximum atomic E-state index is 12.4. The summed E-state index contributed by atoms with van der Waals surface area (Å²) >= 11 is 5.98. The highest BCUT2D eigenvalue weighted by Crippen LogP contribution is 2.21. The molecule has 0 aliphatic heterocycles. The number of ketones is 1. The number of benzene rings is 1. The second kappa shape index (κ2) is 4.82. The van der Waals surface area contributed by atoms with Gasteiger partial charge in [0.1, 0.15) is 5.69 Å². The van der Waals surface area contributed by atoms with Crippen LogP contribution in [0.1, 0.15) is 16.1 Å². The molecular weight excluding hydrogens is 250 g/mol. The number of carbonyl (C=O) groups excluding carboxylic acids is 1. The number of hydrogen-bond donors (Lipinski definition) is 0. The van der Waals surface area contributed by atoms with Gasteiger partial charge < -0.3 is 4.90 Å². The molecule has 1 aromatic heterocycles.